The van der Waals surface area contributed by atoms with Gasteiger partial charge in [0.15, 0.2) is 5.78 Å². The van der Waals surface area contributed by atoms with Crippen LogP contribution in [0.5, 0.6) is 0 Å². The number of carbonyl (C=O) groups is 2. The number of carbonyl (C=O) groups excluding carboxylic acids is 1. The number of alkyl halides is 3. The third-order valence-corrected chi connectivity index (χ3v) is 3.05. The molecule has 8 heteroatoms. The molecule has 1 aromatic carbocycles. The second-order valence-corrected chi connectivity index (χ2v) is 4.94. The maximum atomic E-state index is 11.7. The van der Waals surface area contributed by atoms with Crippen molar-refractivity contribution >= 4 is 27.7 Å². The van der Waals surface area contributed by atoms with E-state index in [0.717, 1.165) is 23.1 Å². The smallest absolute Gasteiger partial charge is 0.475 e. The van der Waals surface area contributed by atoms with Crippen molar-refractivity contribution in [2.75, 3.05) is 13.1 Å². The Bertz CT molecular complexity index is 484. The van der Waals surface area contributed by atoms with Gasteiger partial charge in [-0.05, 0) is 12.1 Å². The predicted molar refractivity (Wildman–Crippen MR) is 68.5 cm³/mol. The first kappa shape index (κ1) is 16.6. The average molecular weight is 354 g/mol. The van der Waals surface area contributed by atoms with Crippen LogP contribution in [0.25, 0.3) is 0 Å². The highest BCUT2D eigenvalue weighted by Crippen LogP contribution is 2.16. The van der Waals surface area contributed by atoms with Crippen molar-refractivity contribution in [1.29, 1.82) is 0 Å². The monoisotopic (exact) mass is 353 g/mol. The Labute approximate surface area is 121 Å². The van der Waals surface area contributed by atoms with Gasteiger partial charge in [-0.3, -0.25) is 4.79 Å². The molecule has 0 aromatic heterocycles. The summed E-state index contributed by atoms with van der Waals surface area (Å²) in [5.74, 6) is -2.31. The summed E-state index contributed by atoms with van der Waals surface area (Å²) in [6.45, 7) is 1.66. The van der Waals surface area contributed by atoms with Gasteiger partial charge in [0.1, 0.15) is 0 Å². The molecule has 0 aliphatic carbocycles. The molecule has 1 heterocycles. The molecule has 1 aliphatic heterocycles. The number of Topliss-reactive ketones (excluding diaryl/α,β-unsaturated/α-hetero) is 1. The zero-order valence-corrected chi connectivity index (χ0v) is 11.7. The quantitative estimate of drug-likeness (QED) is 0.801. The maximum absolute atomic E-state index is 11.7. The minimum absolute atomic E-state index is 0.196. The molecule has 1 aromatic rings. The highest BCUT2D eigenvalue weighted by molar-refractivity contribution is 9.10. The summed E-state index contributed by atoms with van der Waals surface area (Å²) in [6, 6.07) is 7.54. The number of aliphatic carboxylic acids is 1. The van der Waals surface area contributed by atoms with Crippen molar-refractivity contribution < 1.29 is 27.9 Å². The van der Waals surface area contributed by atoms with E-state index in [2.05, 4.69) is 21.2 Å². The molecule has 0 spiro atoms. The van der Waals surface area contributed by atoms with Gasteiger partial charge < -0.3 is 10.4 Å². The lowest BCUT2D eigenvalue weighted by Crippen LogP contribution is -2.46. The molecule has 2 N–H and O–H groups in total. The molecular formula is C12H11BrF3NO3. The topological polar surface area (TPSA) is 66.4 Å². The number of ketones is 1. The minimum Gasteiger partial charge on any atom is -0.475 e. The van der Waals surface area contributed by atoms with Crippen LogP contribution in [-0.4, -0.2) is 36.1 Å². The SMILES string of the molecule is O=C(O)C(F)(F)F.O=C(c1ccc(Br)cc1)C1CNC1. The second-order valence-electron chi connectivity index (χ2n) is 4.03. The van der Waals surface area contributed by atoms with Gasteiger partial charge in [0.05, 0.1) is 0 Å². The van der Waals surface area contributed by atoms with Gasteiger partial charge in [-0.15, -0.1) is 0 Å². The van der Waals surface area contributed by atoms with E-state index in [1.165, 1.54) is 0 Å². The van der Waals surface area contributed by atoms with Crippen molar-refractivity contribution in [3.05, 3.63) is 34.3 Å². The summed E-state index contributed by atoms with van der Waals surface area (Å²) in [5, 5.41) is 10.2. The Hall–Kier alpha value is -1.41. The average Bonchev–Trinajstić information content (AvgIpc) is 2.27. The molecule has 1 saturated heterocycles. The molecule has 0 unspecified atom stereocenters. The van der Waals surface area contributed by atoms with E-state index in [4.69, 9.17) is 9.90 Å². The molecule has 20 heavy (non-hydrogen) atoms. The molecule has 4 nitrogen and oxygen atoms in total. The molecule has 0 saturated carbocycles. The summed E-state index contributed by atoms with van der Waals surface area (Å²) < 4.78 is 32.7. The van der Waals surface area contributed by atoms with Crippen LogP contribution < -0.4 is 5.32 Å². The Morgan fingerprint density at radius 1 is 1.20 bits per heavy atom. The third kappa shape index (κ3) is 4.93. The van der Waals surface area contributed by atoms with E-state index in [9.17, 15) is 18.0 Å². The lowest BCUT2D eigenvalue weighted by Gasteiger charge is -2.25. The Morgan fingerprint density at radius 2 is 1.65 bits per heavy atom. The van der Waals surface area contributed by atoms with Crippen molar-refractivity contribution in [2.24, 2.45) is 5.92 Å². The third-order valence-electron chi connectivity index (χ3n) is 2.52. The summed E-state index contributed by atoms with van der Waals surface area (Å²) >= 11 is 3.34. The summed E-state index contributed by atoms with van der Waals surface area (Å²) in [7, 11) is 0. The van der Waals surface area contributed by atoms with Gasteiger partial charge in [-0.25, -0.2) is 4.79 Å². The Kier molecular flexibility index (Phi) is 5.70. The van der Waals surface area contributed by atoms with Crippen molar-refractivity contribution in [3.63, 3.8) is 0 Å². The van der Waals surface area contributed by atoms with E-state index < -0.39 is 12.1 Å². The molecule has 0 amide bonds. The molecular weight excluding hydrogens is 343 g/mol. The number of carboxylic acids is 1. The Balaban J connectivity index is 0.000000246. The molecule has 0 bridgehead atoms. The predicted octanol–water partition coefficient (Wildman–Crippen LogP) is 2.48. The standard InChI is InChI=1S/C10H10BrNO.C2HF3O2/c11-9-3-1-7(2-4-9)10(13)8-5-12-6-8;3-2(4,5)1(6)7/h1-4,8,12H,5-6H2;(H,6,7). The van der Waals surface area contributed by atoms with Crippen LogP contribution in [0, 0.1) is 5.92 Å². The van der Waals surface area contributed by atoms with Gasteiger partial charge in [-0.2, -0.15) is 13.2 Å². The highest BCUT2D eigenvalue weighted by atomic mass is 79.9. The normalized spacial score (nSPS) is 14.8. The van der Waals surface area contributed by atoms with Gasteiger partial charge in [0, 0.05) is 29.0 Å². The van der Waals surface area contributed by atoms with E-state index in [1.54, 1.807) is 0 Å². The molecule has 2 rings (SSSR count). The number of benzene rings is 1. The summed E-state index contributed by atoms with van der Waals surface area (Å²) in [4.78, 5) is 20.6. The number of carboxylic acid groups (broad SMARTS) is 1. The van der Waals surface area contributed by atoms with E-state index in [1.807, 2.05) is 24.3 Å². The van der Waals surface area contributed by atoms with Crippen LogP contribution in [0.4, 0.5) is 13.2 Å². The van der Waals surface area contributed by atoms with Gasteiger partial charge >= 0.3 is 12.1 Å². The molecule has 0 radical (unpaired) electrons. The fourth-order valence-electron chi connectivity index (χ4n) is 1.32. The lowest BCUT2D eigenvalue weighted by molar-refractivity contribution is -0.192. The van der Waals surface area contributed by atoms with Crippen LogP contribution in [0.15, 0.2) is 28.7 Å². The maximum Gasteiger partial charge on any atom is 0.490 e. The van der Waals surface area contributed by atoms with E-state index in [-0.39, 0.29) is 11.7 Å². The van der Waals surface area contributed by atoms with Crippen LogP contribution >= 0.6 is 15.9 Å². The molecule has 1 aliphatic rings. The fourth-order valence-corrected chi connectivity index (χ4v) is 1.59. The van der Waals surface area contributed by atoms with Crippen molar-refractivity contribution in [3.8, 4) is 0 Å². The number of halogens is 4. The molecule has 110 valence electrons. The van der Waals surface area contributed by atoms with Gasteiger partial charge in [-0.1, -0.05) is 28.1 Å². The first-order chi connectivity index (χ1) is 9.21. The van der Waals surface area contributed by atoms with Gasteiger partial charge in [0.2, 0.25) is 0 Å². The first-order valence-electron chi connectivity index (χ1n) is 5.52. The van der Waals surface area contributed by atoms with Crippen LogP contribution in [0.3, 0.4) is 0 Å². The van der Waals surface area contributed by atoms with E-state index >= 15 is 0 Å². The number of hydrogen-bond acceptors (Lipinski definition) is 3. The van der Waals surface area contributed by atoms with Crippen LogP contribution in [-0.2, 0) is 4.79 Å². The lowest BCUT2D eigenvalue weighted by atomic mass is 9.93. The fraction of sp³-hybridized carbons (Fsp3) is 0.333. The second kappa shape index (κ2) is 6.85. The van der Waals surface area contributed by atoms with Crippen molar-refractivity contribution in [1.82, 2.24) is 5.32 Å². The molecule has 0 atom stereocenters. The largest absolute Gasteiger partial charge is 0.490 e. The number of nitrogens with one attached hydrogen (secondary N) is 1. The first-order valence-corrected chi connectivity index (χ1v) is 6.31. The number of hydrogen-bond donors (Lipinski definition) is 2. The van der Waals surface area contributed by atoms with E-state index in [0.29, 0.717) is 0 Å². The molecule has 1 fully saturated rings. The van der Waals surface area contributed by atoms with Gasteiger partial charge in [0.25, 0.3) is 0 Å². The number of rotatable bonds is 2. The zero-order valence-electron chi connectivity index (χ0n) is 10.1. The minimum atomic E-state index is -5.08. The van der Waals surface area contributed by atoms with Crippen LogP contribution in [0.2, 0.25) is 0 Å². The summed E-state index contributed by atoms with van der Waals surface area (Å²) in [5.41, 5.74) is 0.815. The highest BCUT2D eigenvalue weighted by Gasteiger charge is 2.38. The van der Waals surface area contributed by atoms with Crippen molar-refractivity contribution in [2.45, 2.75) is 6.18 Å². The van der Waals surface area contributed by atoms with Crippen LogP contribution in [0.1, 0.15) is 10.4 Å². The summed E-state index contributed by atoms with van der Waals surface area (Å²) in [6.07, 6.45) is -5.08. The zero-order chi connectivity index (χ0) is 15.3. The Morgan fingerprint density at radius 3 is 1.95 bits per heavy atom.